The van der Waals surface area contributed by atoms with E-state index in [0.29, 0.717) is 5.92 Å². The van der Waals surface area contributed by atoms with Crippen LogP contribution in [0, 0.1) is 11.3 Å². The summed E-state index contributed by atoms with van der Waals surface area (Å²) in [6, 6.07) is 61.7. The molecule has 308 valence electrons. The predicted octanol–water partition coefficient (Wildman–Crippen LogP) is 16.4. The van der Waals surface area contributed by atoms with Gasteiger partial charge in [0.25, 0.3) is 0 Å². The summed E-state index contributed by atoms with van der Waals surface area (Å²) in [6.07, 6.45) is 9.59. The van der Waals surface area contributed by atoms with Crippen molar-refractivity contribution in [2.45, 2.75) is 58.8 Å². The minimum atomic E-state index is -0.498. The molecule has 7 aromatic carbocycles. The molecule has 1 fully saturated rings. The molecule has 0 spiro atoms. The molecular formula is C63H56. The SMILES string of the molecule is C=C/C=C1/C(=C)/C(=C\C(=C/C)Cc2ccc3c(c2)C(C)(C)c2cc(-c4ccc5c(c4)C(c4ccccc4)(c4ccccc4)c4cccc(-c6ccccc6)c4-5)ccc2-3)C(C)(C)C1C. The van der Waals surface area contributed by atoms with E-state index in [9.17, 15) is 0 Å². The van der Waals surface area contributed by atoms with Gasteiger partial charge in [0, 0.05) is 5.41 Å². The lowest BCUT2D eigenvalue weighted by Gasteiger charge is -2.34. The van der Waals surface area contributed by atoms with Gasteiger partial charge in [-0.3, -0.25) is 0 Å². The van der Waals surface area contributed by atoms with E-state index >= 15 is 0 Å². The van der Waals surface area contributed by atoms with Gasteiger partial charge in [-0.05, 0) is 143 Å². The Hall–Kier alpha value is -6.76. The van der Waals surface area contributed by atoms with Gasteiger partial charge < -0.3 is 0 Å². The molecule has 10 rings (SSSR count). The third kappa shape index (κ3) is 6.17. The van der Waals surface area contributed by atoms with Crippen molar-refractivity contribution in [3.8, 4) is 44.5 Å². The smallest absolute Gasteiger partial charge is 0.0714 e. The van der Waals surface area contributed by atoms with Gasteiger partial charge in [-0.25, -0.2) is 0 Å². The monoisotopic (exact) mass is 812 g/mol. The van der Waals surface area contributed by atoms with E-state index in [0.717, 1.165) is 12.0 Å². The molecule has 0 bridgehead atoms. The molecule has 3 aliphatic rings. The second kappa shape index (κ2) is 15.2. The topological polar surface area (TPSA) is 0 Å². The van der Waals surface area contributed by atoms with Crippen LogP contribution in [0.3, 0.4) is 0 Å². The van der Waals surface area contributed by atoms with Crippen LogP contribution in [-0.2, 0) is 17.3 Å². The molecule has 0 N–H and O–H groups in total. The maximum atomic E-state index is 4.56. The summed E-state index contributed by atoms with van der Waals surface area (Å²) < 4.78 is 0. The Morgan fingerprint density at radius 1 is 0.571 bits per heavy atom. The largest absolute Gasteiger partial charge is 0.0991 e. The fourth-order valence-electron chi connectivity index (χ4n) is 11.4. The van der Waals surface area contributed by atoms with Crippen LogP contribution in [0.25, 0.3) is 44.5 Å². The van der Waals surface area contributed by atoms with Crippen molar-refractivity contribution >= 4 is 0 Å². The highest BCUT2D eigenvalue weighted by molar-refractivity contribution is 5.96. The van der Waals surface area contributed by atoms with Crippen molar-refractivity contribution in [3.05, 3.63) is 262 Å². The summed E-state index contributed by atoms with van der Waals surface area (Å²) >= 11 is 0. The molecule has 63 heavy (non-hydrogen) atoms. The fraction of sp³-hybridized carbons (Fsp3) is 0.175. The molecule has 0 aliphatic heterocycles. The van der Waals surface area contributed by atoms with Gasteiger partial charge >= 0.3 is 0 Å². The zero-order valence-corrected chi connectivity index (χ0v) is 37.6. The van der Waals surface area contributed by atoms with Gasteiger partial charge in [-0.1, -0.05) is 224 Å². The van der Waals surface area contributed by atoms with E-state index in [2.05, 4.69) is 237 Å². The van der Waals surface area contributed by atoms with Crippen LogP contribution in [0.5, 0.6) is 0 Å². The Bertz CT molecular complexity index is 3010. The first kappa shape index (κ1) is 40.3. The highest BCUT2D eigenvalue weighted by Gasteiger charge is 2.47. The average Bonchev–Trinajstić information content (AvgIpc) is 3.80. The summed E-state index contributed by atoms with van der Waals surface area (Å²) in [7, 11) is 0. The standard InChI is InChI=1S/C63H56/c1-9-21-50-41(3)56(61(5,6)42(50)4)37-43(10-2)36-44-30-33-52-53-34-31-46(39-58(53)62(7,8)57(52)38-44)47-32-35-54-59(40-47)63(48-24-16-12-17-25-48,49-26-18-13-19-27-49)55-29-20-28-51(60(54)55)45-22-14-11-15-23-45/h9-35,37-40,42H,1,3,36H2,2,4-8H3/b43-10-,50-21-,56-37+. The van der Waals surface area contributed by atoms with E-state index in [-0.39, 0.29) is 10.8 Å². The van der Waals surface area contributed by atoms with Gasteiger partial charge in [0.05, 0.1) is 5.41 Å². The molecule has 0 radical (unpaired) electrons. The van der Waals surface area contributed by atoms with Crippen molar-refractivity contribution in [2.24, 2.45) is 11.3 Å². The van der Waals surface area contributed by atoms with Crippen LogP contribution < -0.4 is 0 Å². The third-order valence-corrected chi connectivity index (χ3v) is 15.1. The van der Waals surface area contributed by atoms with Crippen LogP contribution in [0.4, 0.5) is 0 Å². The van der Waals surface area contributed by atoms with E-state index in [1.807, 2.05) is 6.08 Å². The van der Waals surface area contributed by atoms with Crippen molar-refractivity contribution in [2.75, 3.05) is 0 Å². The first-order valence-electron chi connectivity index (χ1n) is 22.6. The second-order valence-corrected chi connectivity index (χ2v) is 19.0. The minimum absolute atomic E-state index is 0.00202. The zero-order valence-electron chi connectivity index (χ0n) is 37.6. The van der Waals surface area contributed by atoms with Gasteiger partial charge in [0.15, 0.2) is 0 Å². The van der Waals surface area contributed by atoms with Crippen LogP contribution in [0.1, 0.15) is 80.5 Å². The number of benzene rings is 7. The summed E-state index contributed by atoms with van der Waals surface area (Å²) in [5.41, 5.74) is 24.0. The summed E-state index contributed by atoms with van der Waals surface area (Å²) in [5.74, 6) is 0.382. The van der Waals surface area contributed by atoms with E-state index in [1.54, 1.807) is 0 Å². The average molecular weight is 813 g/mol. The number of fused-ring (bicyclic) bond motifs is 6. The third-order valence-electron chi connectivity index (χ3n) is 15.1. The van der Waals surface area contributed by atoms with Gasteiger partial charge in [-0.2, -0.15) is 0 Å². The van der Waals surface area contributed by atoms with E-state index < -0.39 is 5.41 Å². The number of hydrogen-bond acceptors (Lipinski definition) is 0. The maximum absolute atomic E-state index is 4.56. The van der Waals surface area contributed by atoms with E-state index in [4.69, 9.17) is 0 Å². The van der Waals surface area contributed by atoms with Crippen molar-refractivity contribution in [1.29, 1.82) is 0 Å². The quantitative estimate of drug-likeness (QED) is 0.143. The maximum Gasteiger partial charge on any atom is 0.0714 e. The van der Waals surface area contributed by atoms with Gasteiger partial charge in [0.1, 0.15) is 0 Å². The summed E-state index contributed by atoms with van der Waals surface area (Å²) in [4.78, 5) is 0. The molecule has 3 aliphatic carbocycles. The fourth-order valence-corrected chi connectivity index (χ4v) is 11.4. The Morgan fingerprint density at radius 3 is 1.76 bits per heavy atom. The molecule has 1 unspecified atom stereocenters. The van der Waals surface area contributed by atoms with Crippen LogP contribution in [0.15, 0.2) is 224 Å². The normalized spacial score (nSPS) is 18.9. The lowest BCUT2D eigenvalue weighted by Crippen LogP contribution is -2.28. The molecule has 0 heteroatoms. The molecular weight excluding hydrogens is 757 g/mol. The van der Waals surface area contributed by atoms with Crippen molar-refractivity contribution < 1.29 is 0 Å². The van der Waals surface area contributed by atoms with Crippen molar-refractivity contribution in [1.82, 2.24) is 0 Å². The summed E-state index contributed by atoms with van der Waals surface area (Å²) in [5, 5.41) is 0. The molecule has 1 atom stereocenters. The predicted molar refractivity (Wildman–Crippen MR) is 268 cm³/mol. The van der Waals surface area contributed by atoms with Crippen molar-refractivity contribution in [3.63, 3.8) is 0 Å². The molecule has 1 saturated carbocycles. The number of rotatable bonds is 8. The molecule has 0 heterocycles. The number of hydrogen-bond donors (Lipinski definition) is 0. The lowest BCUT2D eigenvalue weighted by atomic mass is 9.67. The highest BCUT2D eigenvalue weighted by Crippen LogP contribution is 2.59. The molecule has 7 aromatic rings. The van der Waals surface area contributed by atoms with Gasteiger partial charge in [-0.15, -0.1) is 0 Å². The summed E-state index contributed by atoms with van der Waals surface area (Å²) in [6.45, 7) is 22.5. The Morgan fingerprint density at radius 2 is 1.14 bits per heavy atom. The van der Waals surface area contributed by atoms with Crippen LogP contribution >= 0.6 is 0 Å². The molecule has 0 aromatic heterocycles. The van der Waals surface area contributed by atoms with Crippen LogP contribution in [-0.4, -0.2) is 0 Å². The highest BCUT2D eigenvalue weighted by atomic mass is 14.5. The first-order chi connectivity index (χ1) is 30.5. The molecule has 0 amide bonds. The first-order valence-corrected chi connectivity index (χ1v) is 22.6. The van der Waals surface area contributed by atoms with Gasteiger partial charge in [0.2, 0.25) is 0 Å². The Kier molecular flexibility index (Phi) is 9.76. The molecule has 0 saturated heterocycles. The molecule has 0 nitrogen and oxygen atoms in total. The Balaban J connectivity index is 1.06. The zero-order chi connectivity index (χ0) is 43.7. The minimum Gasteiger partial charge on any atom is -0.0991 e. The van der Waals surface area contributed by atoms with E-state index in [1.165, 1.54) is 100 Å². The van der Waals surface area contributed by atoms with Crippen LogP contribution in [0.2, 0.25) is 0 Å². The second-order valence-electron chi connectivity index (χ2n) is 19.0. The number of allylic oxidation sites excluding steroid dienone is 8. The Labute approximate surface area is 375 Å². The lowest BCUT2D eigenvalue weighted by molar-refractivity contribution is 0.367.